The van der Waals surface area contributed by atoms with Gasteiger partial charge >= 0.3 is 0 Å². The van der Waals surface area contributed by atoms with Crippen molar-refractivity contribution in [2.75, 3.05) is 32.9 Å². The standard InChI is InChI=1S/C7H15NO2.C2H6/c1-7(6-9)8-2-4-10-5-3-8;1-2/h7,9H,2-6H2,1H3;1-2H3. The van der Waals surface area contributed by atoms with Gasteiger partial charge in [0.25, 0.3) is 0 Å². The Morgan fingerprint density at radius 2 is 1.83 bits per heavy atom. The zero-order valence-electron chi connectivity index (χ0n) is 8.42. The van der Waals surface area contributed by atoms with Crippen LogP contribution in [0.2, 0.25) is 0 Å². The Bertz CT molecular complexity index is 92.5. The quantitative estimate of drug-likeness (QED) is 0.671. The molecule has 1 fully saturated rings. The first-order chi connectivity index (χ1) is 5.84. The van der Waals surface area contributed by atoms with Crippen molar-refractivity contribution in [3.05, 3.63) is 0 Å². The van der Waals surface area contributed by atoms with Crippen LogP contribution in [0.3, 0.4) is 0 Å². The minimum absolute atomic E-state index is 0.250. The minimum atomic E-state index is 0.250. The number of morpholine rings is 1. The Morgan fingerprint density at radius 1 is 1.33 bits per heavy atom. The number of ether oxygens (including phenoxy) is 1. The van der Waals surface area contributed by atoms with Crippen LogP contribution in [-0.4, -0.2) is 49.0 Å². The Hall–Kier alpha value is -0.120. The zero-order chi connectivity index (χ0) is 9.40. The van der Waals surface area contributed by atoms with Gasteiger partial charge in [0.15, 0.2) is 0 Å². The number of aliphatic hydroxyl groups is 1. The molecule has 12 heavy (non-hydrogen) atoms. The van der Waals surface area contributed by atoms with E-state index in [-0.39, 0.29) is 6.61 Å². The average Bonchev–Trinajstić information content (AvgIpc) is 2.21. The van der Waals surface area contributed by atoms with Crippen molar-refractivity contribution in [1.29, 1.82) is 0 Å². The summed E-state index contributed by atoms with van der Waals surface area (Å²) in [6.45, 7) is 9.82. The molecule has 1 heterocycles. The number of aliphatic hydroxyl groups excluding tert-OH is 1. The molecule has 0 aromatic heterocycles. The summed E-state index contributed by atoms with van der Waals surface area (Å²) in [4.78, 5) is 2.24. The molecule has 1 saturated heterocycles. The molecule has 1 unspecified atom stereocenters. The monoisotopic (exact) mass is 175 g/mol. The Balaban J connectivity index is 0.000000561. The average molecular weight is 175 g/mol. The van der Waals surface area contributed by atoms with Crippen molar-refractivity contribution >= 4 is 0 Å². The predicted molar refractivity (Wildman–Crippen MR) is 50.3 cm³/mol. The minimum Gasteiger partial charge on any atom is -0.395 e. The van der Waals surface area contributed by atoms with Gasteiger partial charge in [-0.1, -0.05) is 13.8 Å². The molecule has 0 aromatic carbocycles. The van der Waals surface area contributed by atoms with E-state index in [2.05, 4.69) is 4.90 Å². The molecule has 1 rings (SSSR count). The Labute approximate surface area is 75.3 Å². The van der Waals surface area contributed by atoms with E-state index in [0.29, 0.717) is 6.04 Å². The molecule has 1 aliphatic heterocycles. The van der Waals surface area contributed by atoms with Gasteiger partial charge in [0, 0.05) is 19.1 Å². The smallest absolute Gasteiger partial charge is 0.0594 e. The summed E-state index contributed by atoms with van der Waals surface area (Å²) < 4.78 is 5.17. The van der Waals surface area contributed by atoms with Gasteiger partial charge < -0.3 is 9.84 Å². The third kappa shape index (κ3) is 4.04. The molecule has 0 saturated carbocycles. The van der Waals surface area contributed by atoms with E-state index < -0.39 is 0 Å². The molecule has 0 amide bonds. The van der Waals surface area contributed by atoms with Crippen molar-refractivity contribution in [3.8, 4) is 0 Å². The fourth-order valence-corrected chi connectivity index (χ4v) is 1.13. The van der Waals surface area contributed by atoms with Crippen LogP contribution in [0.15, 0.2) is 0 Å². The van der Waals surface area contributed by atoms with Crippen LogP contribution in [0, 0.1) is 0 Å². The number of nitrogens with zero attached hydrogens (tertiary/aromatic N) is 1. The molecule has 0 spiro atoms. The van der Waals surface area contributed by atoms with Gasteiger partial charge in [-0.15, -0.1) is 0 Å². The maximum Gasteiger partial charge on any atom is 0.0594 e. The molecule has 0 aliphatic carbocycles. The van der Waals surface area contributed by atoms with Crippen LogP contribution >= 0.6 is 0 Å². The second kappa shape index (κ2) is 7.53. The van der Waals surface area contributed by atoms with E-state index in [0.717, 1.165) is 26.3 Å². The van der Waals surface area contributed by atoms with Crippen LogP contribution in [-0.2, 0) is 4.74 Å². The van der Waals surface area contributed by atoms with E-state index >= 15 is 0 Å². The lowest BCUT2D eigenvalue weighted by Crippen LogP contribution is -2.43. The molecule has 1 N–H and O–H groups in total. The van der Waals surface area contributed by atoms with Gasteiger partial charge in [-0.05, 0) is 6.92 Å². The van der Waals surface area contributed by atoms with Crippen molar-refractivity contribution < 1.29 is 9.84 Å². The third-order valence-corrected chi connectivity index (χ3v) is 1.93. The van der Waals surface area contributed by atoms with Crippen LogP contribution in [0.25, 0.3) is 0 Å². The molecule has 1 aliphatic rings. The fraction of sp³-hybridized carbons (Fsp3) is 1.00. The molecular formula is C9H21NO2. The van der Waals surface area contributed by atoms with E-state index in [1.54, 1.807) is 0 Å². The number of hydrogen-bond donors (Lipinski definition) is 1. The van der Waals surface area contributed by atoms with Crippen molar-refractivity contribution in [2.24, 2.45) is 0 Å². The van der Waals surface area contributed by atoms with Crippen molar-refractivity contribution in [3.63, 3.8) is 0 Å². The first kappa shape index (κ1) is 11.9. The summed E-state index contributed by atoms with van der Waals surface area (Å²) in [7, 11) is 0. The number of hydrogen-bond acceptors (Lipinski definition) is 3. The largest absolute Gasteiger partial charge is 0.395 e. The van der Waals surface area contributed by atoms with E-state index in [4.69, 9.17) is 9.84 Å². The predicted octanol–water partition coefficient (Wildman–Crippen LogP) is 0.726. The highest BCUT2D eigenvalue weighted by molar-refractivity contribution is 4.68. The van der Waals surface area contributed by atoms with Gasteiger partial charge in [0.1, 0.15) is 0 Å². The summed E-state index contributed by atoms with van der Waals surface area (Å²) in [6.07, 6.45) is 0. The topological polar surface area (TPSA) is 32.7 Å². The van der Waals surface area contributed by atoms with Gasteiger partial charge in [0.2, 0.25) is 0 Å². The van der Waals surface area contributed by atoms with E-state index in [1.807, 2.05) is 20.8 Å². The van der Waals surface area contributed by atoms with Crippen molar-refractivity contribution in [2.45, 2.75) is 26.8 Å². The first-order valence-corrected chi connectivity index (χ1v) is 4.77. The highest BCUT2D eigenvalue weighted by atomic mass is 16.5. The summed E-state index contributed by atoms with van der Waals surface area (Å²) in [5, 5.41) is 8.80. The second-order valence-electron chi connectivity index (χ2n) is 2.68. The summed E-state index contributed by atoms with van der Waals surface area (Å²) in [5.41, 5.74) is 0. The zero-order valence-corrected chi connectivity index (χ0v) is 8.42. The maximum absolute atomic E-state index is 8.80. The molecule has 1 atom stereocenters. The molecule has 3 heteroatoms. The normalized spacial score (nSPS) is 21.0. The molecule has 74 valence electrons. The first-order valence-electron chi connectivity index (χ1n) is 4.77. The lowest BCUT2D eigenvalue weighted by Gasteiger charge is -2.30. The van der Waals surface area contributed by atoms with Crippen LogP contribution < -0.4 is 0 Å². The van der Waals surface area contributed by atoms with Gasteiger partial charge in [0.05, 0.1) is 19.8 Å². The molecule has 0 bridgehead atoms. The molecule has 0 aromatic rings. The third-order valence-electron chi connectivity index (χ3n) is 1.93. The highest BCUT2D eigenvalue weighted by Crippen LogP contribution is 2.01. The Kier molecular flexibility index (Phi) is 7.45. The maximum atomic E-state index is 8.80. The van der Waals surface area contributed by atoms with Crippen LogP contribution in [0.5, 0.6) is 0 Å². The summed E-state index contributed by atoms with van der Waals surface area (Å²) in [6, 6.07) is 0.295. The summed E-state index contributed by atoms with van der Waals surface area (Å²) >= 11 is 0. The van der Waals surface area contributed by atoms with Gasteiger partial charge in [-0.2, -0.15) is 0 Å². The van der Waals surface area contributed by atoms with E-state index in [9.17, 15) is 0 Å². The summed E-state index contributed by atoms with van der Waals surface area (Å²) in [5.74, 6) is 0. The second-order valence-corrected chi connectivity index (χ2v) is 2.68. The Morgan fingerprint density at radius 3 is 2.25 bits per heavy atom. The van der Waals surface area contributed by atoms with E-state index in [1.165, 1.54) is 0 Å². The fourth-order valence-electron chi connectivity index (χ4n) is 1.13. The lowest BCUT2D eigenvalue weighted by molar-refractivity contribution is 0.00797. The molecule has 3 nitrogen and oxygen atoms in total. The molecule has 0 radical (unpaired) electrons. The highest BCUT2D eigenvalue weighted by Gasteiger charge is 2.15. The van der Waals surface area contributed by atoms with Crippen molar-refractivity contribution in [1.82, 2.24) is 4.90 Å². The SMILES string of the molecule is CC.CC(CO)N1CCOCC1. The van der Waals surface area contributed by atoms with Gasteiger partial charge in [-0.3, -0.25) is 4.90 Å². The lowest BCUT2D eigenvalue weighted by atomic mass is 10.3. The van der Waals surface area contributed by atoms with Gasteiger partial charge in [-0.25, -0.2) is 0 Å². The number of rotatable bonds is 2. The molecular weight excluding hydrogens is 154 g/mol. The van der Waals surface area contributed by atoms with Crippen LogP contribution in [0.4, 0.5) is 0 Å². The van der Waals surface area contributed by atoms with Crippen LogP contribution in [0.1, 0.15) is 20.8 Å².